The molecule has 0 amide bonds. The van der Waals surface area contributed by atoms with Crippen LogP contribution in [-0.4, -0.2) is 49.2 Å². The second-order valence-corrected chi connectivity index (χ2v) is 7.45. The van der Waals surface area contributed by atoms with E-state index in [1.165, 1.54) is 5.56 Å². The van der Waals surface area contributed by atoms with Crippen LogP contribution in [-0.2, 0) is 12.1 Å². The molecule has 6 heteroatoms. The predicted octanol–water partition coefficient (Wildman–Crippen LogP) is 2.79. The van der Waals surface area contributed by atoms with E-state index >= 15 is 0 Å². The highest BCUT2D eigenvalue weighted by molar-refractivity contribution is 5.79. The highest BCUT2D eigenvalue weighted by atomic mass is 16.3. The second-order valence-electron chi connectivity index (χ2n) is 7.45. The van der Waals surface area contributed by atoms with Gasteiger partial charge in [0, 0.05) is 31.7 Å². The number of aliphatic hydroxyl groups is 1. The zero-order valence-electron chi connectivity index (χ0n) is 17.7. The van der Waals surface area contributed by atoms with Crippen LogP contribution in [0.15, 0.2) is 45.8 Å². The van der Waals surface area contributed by atoms with Gasteiger partial charge in [0.15, 0.2) is 5.96 Å². The lowest BCUT2D eigenvalue weighted by atomic mass is 9.96. The van der Waals surface area contributed by atoms with Crippen molar-refractivity contribution in [2.75, 3.05) is 33.2 Å². The van der Waals surface area contributed by atoms with Gasteiger partial charge in [-0.1, -0.05) is 30.3 Å². The average molecular weight is 387 g/mol. The molecule has 1 aromatic carbocycles. The van der Waals surface area contributed by atoms with Crippen molar-refractivity contribution in [1.29, 1.82) is 0 Å². The van der Waals surface area contributed by atoms with Crippen molar-refractivity contribution in [2.24, 2.45) is 4.99 Å². The molecule has 0 aliphatic carbocycles. The predicted molar refractivity (Wildman–Crippen MR) is 115 cm³/mol. The van der Waals surface area contributed by atoms with Gasteiger partial charge in [0.25, 0.3) is 0 Å². The summed E-state index contributed by atoms with van der Waals surface area (Å²) in [4.78, 5) is 6.84. The Morgan fingerprint density at radius 3 is 2.54 bits per heavy atom. The Balaban J connectivity index is 1.88. The second kappa shape index (κ2) is 10.3. The van der Waals surface area contributed by atoms with Crippen molar-refractivity contribution in [2.45, 2.75) is 39.8 Å². The molecule has 1 heterocycles. The monoisotopic (exact) mass is 386 g/mol. The normalized spacial score (nSPS) is 14.2. The summed E-state index contributed by atoms with van der Waals surface area (Å²) in [6, 6.07) is 12.3. The lowest BCUT2D eigenvalue weighted by molar-refractivity contribution is 0.0657. The highest BCUT2D eigenvalue weighted by Crippen LogP contribution is 2.27. The minimum atomic E-state index is -1.08. The number of nitrogens with zero attached hydrogens (tertiary/aromatic N) is 2. The average Bonchev–Trinajstić information content (AvgIpc) is 3.00. The molecule has 28 heavy (non-hydrogen) atoms. The van der Waals surface area contributed by atoms with E-state index < -0.39 is 5.60 Å². The van der Waals surface area contributed by atoms with Crippen molar-refractivity contribution in [3.63, 3.8) is 0 Å². The Bertz CT molecular complexity index is 753. The maximum atomic E-state index is 10.8. The lowest BCUT2D eigenvalue weighted by Gasteiger charge is -2.22. The van der Waals surface area contributed by atoms with Crippen molar-refractivity contribution >= 4 is 5.96 Å². The summed E-state index contributed by atoms with van der Waals surface area (Å²) >= 11 is 0. The van der Waals surface area contributed by atoms with Crippen LogP contribution in [0.4, 0.5) is 0 Å². The van der Waals surface area contributed by atoms with Crippen molar-refractivity contribution < 1.29 is 9.52 Å². The summed E-state index contributed by atoms with van der Waals surface area (Å²) in [5, 5.41) is 17.4. The molecule has 0 bridgehead atoms. The third-order valence-electron chi connectivity index (χ3n) is 4.59. The smallest absolute Gasteiger partial charge is 0.191 e. The topological polar surface area (TPSA) is 73.0 Å². The molecule has 0 saturated heterocycles. The van der Waals surface area contributed by atoms with Crippen molar-refractivity contribution in [3.8, 4) is 0 Å². The first kappa shape index (κ1) is 22.0. The van der Waals surface area contributed by atoms with Crippen LogP contribution in [0.3, 0.4) is 0 Å². The molecule has 0 fully saturated rings. The van der Waals surface area contributed by atoms with E-state index in [-0.39, 0.29) is 6.54 Å². The third-order valence-corrected chi connectivity index (χ3v) is 4.59. The first-order chi connectivity index (χ1) is 13.3. The Kier molecular flexibility index (Phi) is 8.08. The number of hydrogen-bond acceptors (Lipinski definition) is 4. The van der Waals surface area contributed by atoms with Crippen LogP contribution in [0.25, 0.3) is 0 Å². The summed E-state index contributed by atoms with van der Waals surface area (Å²) in [6.45, 7) is 11.1. The number of rotatable bonds is 9. The molecule has 3 N–H and O–H groups in total. The quantitative estimate of drug-likeness (QED) is 0.457. The minimum Gasteiger partial charge on any atom is -0.466 e. The van der Waals surface area contributed by atoms with E-state index in [0.29, 0.717) is 5.96 Å². The van der Waals surface area contributed by atoms with Gasteiger partial charge in [-0.3, -0.25) is 0 Å². The lowest BCUT2D eigenvalue weighted by Crippen LogP contribution is -2.41. The van der Waals surface area contributed by atoms with Gasteiger partial charge in [-0.05, 0) is 46.4 Å². The van der Waals surface area contributed by atoms with Crippen LogP contribution in [0.2, 0.25) is 0 Å². The number of guanidine groups is 1. The molecular weight excluding hydrogens is 352 g/mol. The minimum absolute atomic E-state index is 0.252. The summed E-state index contributed by atoms with van der Waals surface area (Å²) in [6.07, 6.45) is 0. The van der Waals surface area contributed by atoms with Crippen LogP contribution in [0, 0.1) is 13.8 Å². The van der Waals surface area contributed by atoms with Gasteiger partial charge in [0.2, 0.25) is 0 Å². The molecule has 1 unspecified atom stereocenters. The molecule has 0 spiro atoms. The molecule has 6 nitrogen and oxygen atoms in total. The maximum absolute atomic E-state index is 10.8. The van der Waals surface area contributed by atoms with E-state index in [4.69, 9.17) is 4.42 Å². The highest BCUT2D eigenvalue weighted by Gasteiger charge is 2.27. The van der Waals surface area contributed by atoms with Gasteiger partial charge in [-0.15, -0.1) is 0 Å². The fourth-order valence-corrected chi connectivity index (χ4v) is 3.16. The molecule has 0 saturated carbocycles. The third kappa shape index (κ3) is 6.69. The molecule has 2 aromatic rings. The number of nitrogens with one attached hydrogen (secondary N) is 2. The van der Waals surface area contributed by atoms with E-state index in [0.717, 1.165) is 43.3 Å². The SMILES string of the molecule is CCNC(=NCC(C)(O)c1cc(C)oc1C)NCCN(C)Cc1ccccc1. The zero-order chi connectivity index (χ0) is 20.6. The summed E-state index contributed by atoms with van der Waals surface area (Å²) in [7, 11) is 2.10. The molecule has 2 rings (SSSR count). The summed E-state index contributed by atoms with van der Waals surface area (Å²) in [5.41, 5.74) is 1.01. The van der Waals surface area contributed by atoms with Crippen LogP contribution in [0.1, 0.15) is 36.5 Å². The van der Waals surface area contributed by atoms with Gasteiger partial charge < -0.3 is 25.1 Å². The molecular formula is C22H34N4O2. The molecule has 0 radical (unpaired) electrons. The molecule has 154 valence electrons. The van der Waals surface area contributed by atoms with Gasteiger partial charge in [0.1, 0.15) is 17.1 Å². The van der Waals surface area contributed by atoms with Crippen molar-refractivity contribution in [1.82, 2.24) is 15.5 Å². The first-order valence-corrected chi connectivity index (χ1v) is 9.86. The standard InChI is InChI=1S/C22H34N4O2/c1-6-23-21(24-12-13-26(5)15-19-10-8-7-9-11-19)25-16-22(4,27)20-14-17(2)28-18(20)3/h7-11,14,27H,6,12-13,15-16H2,1-5H3,(H2,23,24,25). The van der Waals surface area contributed by atoms with E-state index in [2.05, 4.69) is 51.8 Å². The number of benzene rings is 1. The number of furan rings is 1. The van der Waals surface area contributed by atoms with Gasteiger partial charge >= 0.3 is 0 Å². The van der Waals surface area contributed by atoms with E-state index in [9.17, 15) is 5.11 Å². The van der Waals surface area contributed by atoms with Gasteiger partial charge in [-0.25, -0.2) is 4.99 Å². The fraction of sp³-hybridized carbons (Fsp3) is 0.500. The largest absolute Gasteiger partial charge is 0.466 e. The van der Waals surface area contributed by atoms with E-state index in [1.807, 2.05) is 32.9 Å². The number of hydrogen-bond donors (Lipinski definition) is 3. The van der Waals surface area contributed by atoms with Gasteiger partial charge in [0.05, 0.1) is 6.54 Å². The zero-order valence-corrected chi connectivity index (χ0v) is 17.7. The fourth-order valence-electron chi connectivity index (χ4n) is 3.16. The van der Waals surface area contributed by atoms with Gasteiger partial charge in [-0.2, -0.15) is 0 Å². The Morgan fingerprint density at radius 1 is 1.21 bits per heavy atom. The molecule has 1 atom stereocenters. The number of aliphatic imine (C=N–C) groups is 1. The summed E-state index contributed by atoms with van der Waals surface area (Å²) < 4.78 is 5.55. The summed E-state index contributed by atoms with van der Waals surface area (Å²) in [5.74, 6) is 2.23. The molecule has 0 aliphatic rings. The van der Waals surface area contributed by atoms with E-state index in [1.54, 1.807) is 6.92 Å². The van der Waals surface area contributed by atoms with Crippen molar-refractivity contribution in [3.05, 3.63) is 59.0 Å². The molecule has 1 aromatic heterocycles. The van der Waals surface area contributed by atoms with Crippen LogP contribution < -0.4 is 10.6 Å². The van der Waals surface area contributed by atoms with Crippen LogP contribution >= 0.6 is 0 Å². The van der Waals surface area contributed by atoms with Crippen LogP contribution in [0.5, 0.6) is 0 Å². The first-order valence-electron chi connectivity index (χ1n) is 9.86. The maximum Gasteiger partial charge on any atom is 0.191 e. The molecule has 0 aliphatic heterocycles. The Morgan fingerprint density at radius 2 is 1.93 bits per heavy atom. The number of likely N-dealkylation sites (N-methyl/N-ethyl adjacent to an activating group) is 1. The number of aryl methyl sites for hydroxylation is 2. The Hall–Kier alpha value is -2.31. The Labute approximate surface area is 168 Å².